The molecule has 0 aromatic rings. The van der Waals surface area contributed by atoms with Gasteiger partial charge >= 0.3 is 5.97 Å². The molecule has 2 aliphatic rings. The van der Waals surface area contributed by atoms with Crippen LogP contribution >= 0.6 is 0 Å². The Hall–Kier alpha value is -1.06. The number of amides is 1. The molecule has 0 spiro atoms. The first-order valence-corrected chi connectivity index (χ1v) is 3.68. The Morgan fingerprint density at radius 3 is 2.73 bits per heavy atom. The summed E-state index contributed by atoms with van der Waals surface area (Å²) >= 11 is 0. The van der Waals surface area contributed by atoms with E-state index in [1.54, 1.807) is 0 Å². The Labute approximate surface area is 63.6 Å². The molecule has 1 saturated carbocycles. The molecule has 2 N–H and O–H groups in total. The summed E-state index contributed by atoms with van der Waals surface area (Å²) in [5.41, 5.74) is -0.739. The average molecular weight is 155 g/mol. The van der Waals surface area contributed by atoms with Gasteiger partial charge in [0, 0.05) is 6.54 Å². The molecular weight excluding hydrogens is 146 g/mol. The lowest BCUT2D eigenvalue weighted by Gasteiger charge is -2.37. The van der Waals surface area contributed by atoms with E-state index in [4.69, 9.17) is 5.11 Å². The predicted molar refractivity (Wildman–Crippen MR) is 35.8 cm³/mol. The maximum Gasteiger partial charge on any atom is 0.312 e. The lowest BCUT2D eigenvalue weighted by atomic mass is 9.62. The van der Waals surface area contributed by atoms with Crippen LogP contribution in [0.5, 0.6) is 0 Å². The number of fused-ring (bicyclic) bond motifs is 1. The SMILES string of the molecule is O=C1NCC2(C(=O)O)CCC12. The van der Waals surface area contributed by atoms with Crippen LogP contribution in [-0.4, -0.2) is 23.5 Å². The van der Waals surface area contributed by atoms with Crippen molar-refractivity contribution in [3.63, 3.8) is 0 Å². The Kier molecular flexibility index (Phi) is 1.06. The number of rotatable bonds is 1. The van der Waals surface area contributed by atoms with Crippen LogP contribution in [-0.2, 0) is 9.59 Å². The molecule has 2 fully saturated rings. The van der Waals surface area contributed by atoms with Crippen LogP contribution in [0.2, 0.25) is 0 Å². The molecule has 0 aromatic heterocycles. The van der Waals surface area contributed by atoms with Crippen molar-refractivity contribution in [1.29, 1.82) is 0 Å². The molecule has 2 unspecified atom stereocenters. The fourth-order valence-corrected chi connectivity index (χ4v) is 1.93. The second-order valence-electron chi connectivity index (χ2n) is 3.27. The average Bonchev–Trinajstić information content (AvgIpc) is 2.04. The molecule has 60 valence electrons. The number of carbonyl (C=O) groups excluding carboxylic acids is 1. The molecule has 2 atom stereocenters. The lowest BCUT2D eigenvalue weighted by molar-refractivity contribution is -0.159. The Morgan fingerprint density at radius 2 is 2.45 bits per heavy atom. The Bertz CT molecular complexity index is 238. The van der Waals surface area contributed by atoms with Gasteiger partial charge in [0.2, 0.25) is 5.91 Å². The summed E-state index contributed by atoms with van der Waals surface area (Å²) in [4.78, 5) is 21.7. The molecule has 1 heterocycles. The Morgan fingerprint density at radius 1 is 1.73 bits per heavy atom. The minimum absolute atomic E-state index is 0.0846. The van der Waals surface area contributed by atoms with Crippen LogP contribution in [0.25, 0.3) is 0 Å². The molecular formula is C7H9NO3. The summed E-state index contributed by atoms with van der Waals surface area (Å²) in [5, 5.41) is 11.4. The van der Waals surface area contributed by atoms with Crippen molar-refractivity contribution in [2.24, 2.45) is 11.3 Å². The van der Waals surface area contributed by atoms with E-state index in [1.165, 1.54) is 0 Å². The van der Waals surface area contributed by atoms with Gasteiger partial charge in [-0.25, -0.2) is 0 Å². The van der Waals surface area contributed by atoms with Crippen LogP contribution < -0.4 is 5.32 Å². The minimum Gasteiger partial charge on any atom is -0.481 e. The van der Waals surface area contributed by atoms with Crippen molar-refractivity contribution in [2.75, 3.05) is 6.54 Å². The second-order valence-corrected chi connectivity index (χ2v) is 3.27. The van der Waals surface area contributed by atoms with E-state index in [9.17, 15) is 9.59 Å². The summed E-state index contributed by atoms with van der Waals surface area (Å²) < 4.78 is 0. The maximum atomic E-state index is 11.0. The third-order valence-corrected chi connectivity index (χ3v) is 2.87. The highest BCUT2D eigenvalue weighted by Crippen LogP contribution is 2.49. The first kappa shape index (κ1) is 6.64. The van der Waals surface area contributed by atoms with Crippen LogP contribution in [0.15, 0.2) is 0 Å². The highest BCUT2D eigenvalue weighted by atomic mass is 16.4. The topological polar surface area (TPSA) is 66.4 Å². The lowest BCUT2D eigenvalue weighted by Crippen LogP contribution is -2.46. The zero-order valence-corrected chi connectivity index (χ0v) is 5.96. The first-order valence-electron chi connectivity index (χ1n) is 3.68. The van der Waals surface area contributed by atoms with E-state index < -0.39 is 11.4 Å². The van der Waals surface area contributed by atoms with Gasteiger partial charge in [-0.15, -0.1) is 0 Å². The van der Waals surface area contributed by atoms with E-state index >= 15 is 0 Å². The van der Waals surface area contributed by atoms with Crippen molar-refractivity contribution < 1.29 is 14.7 Å². The van der Waals surface area contributed by atoms with Crippen molar-refractivity contribution in [3.8, 4) is 0 Å². The smallest absolute Gasteiger partial charge is 0.312 e. The van der Waals surface area contributed by atoms with E-state index in [2.05, 4.69) is 5.32 Å². The molecule has 0 aromatic carbocycles. The van der Waals surface area contributed by atoms with Crippen molar-refractivity contribution >= 4 is 11.9 Å². The second kappa shape index (κ2) is 1.75. The van der Waals surface area contributed by atoms with E-state index in [0.29, 0.717) is 13.0 Å². The third-order valence-electron chi connectivity index (χ3n) is 2.87. The minimum atomic E-state index is -0.827. The van der Waals surface area contributed by atoms with Crippen LogP contribution in [0, 0.1) is 11.3 Å². The molecule has 1 saturated heterocycles. The number of carboxylic acid groups (broad SMARTS) is 1. The Balaban J connectivity index is 2.29. The highest BCUT2D eigenvalue weighted by Gasteiger charge is 2.60. The van der Waals surface area contributed by atoms with Crippen molar-refractivity contribution in [1.82, 2.24) is 5.32 Å². The van der Waals surface area contributed by atoms with E-state index in [0.717, 1.165) is 6.42 Å². The first-order chi connectivity index (χ1) is 5.17. The fraction of sp³-hybridized carbons (Fsp3) is 0.714. The molecule has 0 bridgehead atoms. The van der Waals surface area contributed by atoms with E-state index in [-0.39, 0.29) is 11.8 Å². The predicted octanol–water partition coefficient (Wildman–Crippen LogP) is -0.403. The van der Waals surface area contributed by atoms with Crippen LogP contribution in [0.1, 0.15) is 12.8 Å². The molecule has 2 rings (SSSR count). The van der Waals surface area contributed by atoms with Gasteiger partial charge in [0.05, 0.1) is 11.3 Å². The summed E-state index contributed by atoms with van der Waals surface area (Å²) in [6.07, 6.45) is 1.38. The number of nitrogens with one attached hydrogen (secondary N) is 1. The maximum absolute atomic E-state index is 11.0. The normalized spacial score (nSPS) is 40.7. The number of carboxylic acids is 1. The molecule has 4 heteroatoms. The standard InChI is InChI=1S/C7H9NO3/c9-5-4-1-2-7(4,3-8-5)6(10)11/h4H,1-3H2,(H,8,9)(H,10,11). The van der Waals surface area contributed by atoms with Crippen molar-refractivity contribution in [3.05, 3.63) is 0 Å². The largest absolute Gasteiger partial charge is 0.481 e. The van der Waals surface area contributed by atoms with Gasteiger partial charge in [-0.2, -0.15) is 0 Å². The molecule has 1 aliphatic heterocycles. The van der Waals surface area contributed by atoms with Gasteiger partial charge in [-0.3, -0.25) is 9.59 Å². The molecule has 1 aliphatic carbocycles. The summed E-state index contributed by atoms with van der Waals surface area (Å²) in [7, 11) is 0. The summed E-state index contributed by atoms with van der Waals surface area (Å²) in [6, 6.07) is 0. The number of hydrogen-bond donors (Lipinski definition) is 2. The van der Waals surface area contributed by atoms with Gasteiger partial charge < -0.3 is 10.4 Å². The van der Waals surface area contributed by atoms with E-state index in [1.807, 2.05) is 0 Å². The monoisotopic (exact) mass is 155 g/mol. The molecule has 4 nitrogen and oxygen atoms in total. The quantitative estimate of drug-likeness (QED) is 0.541. The van der Waals surface area contributed by atoms with Crippen LogP contribution in [0.4, 0.5) is 0 Å². The van der Waals surface area contributed by atoms with Gasteiger partial charge in [0.1, 0.15) is 0 Å². The van der Waals surface area contributed by atoms with Crippen molar-refractivity contribution in [2.45, 2.75) is 12.8 Å². The highest BCUT2D eigenvalue weighted by molar-refractivity contribution is 5.92. The summed E-state index contributed by atoms with van der Waals surface area (Å²) in [5.74, 6) is -1.16. The molecule has 1 amide bonds. The number of aliphatic carboxylic acids is 1. The van der Waals surface area contributed by atoms with Gasteiger partial charge in [0.15, 0.2) is 0 Å². The zero-order chi connectivity index (χ0) is 8.06. The third kappa shape index (κ3) is 0.593. The van der Waals surface area contributed by atoms with Crippen LogP contribution in [0.3, 0.4) is 0 Å². The molecule has 11 heavy (non-hydrogen) atoms. The van der Waals surface area contributed by atoms with Gasteiger partial charge in [-0.05, 0) is 12.8 Å². The number of carbonyl (C=O) groups is 2. The zero-order valence-electron chi connectivity index (χ0n) is 5.96. The van der Waals surface area contributed by atoms with Gasteiger partial charge in [-0.1, -0.05) is 0 Å². The fourth-order valence-electron chi connectivity index (χ4n) is 1.93. The number of hydrogen-bond acceptors (Lipinski definition) is 2. The molecule has 0 radical (unpaired) electrons. The van der Waals surface area contributed by atoms with Gasteiger partial charge in [0.25, 0.3) is 0 Å². The summed E-state index contributed by atoms with van der Waals surface area (Å²) in [6.45, 7) is 0.325.